The molecule has 0 saturated heterocycles. The van der Waals surface area contributed by atoms with E-state index in [9.17, 15) is 13.2 Å². The predicted molar refractivity (Wildman–Crippen MR) is 123 cm³/mol. The maximum absolute atomic E-state index is 13.3. The maximum Gasteiger partial charge on any atom is 0.260 e. The average molecular weight is 443 g/mol. The molecule has 156 valence electrons. The monoisotopic (exact) mass is 442 g/mol. The fourth-order valence-corrected chi connectivity index (χ4v) is 3.92. The van der Waals surface area contributed by atoms with Crippen LogP contribution in [0.4, 0.5) is 17.1 Å². The number of nitrogens with one attached hydrogen (secondary N) is 1. The molecule has 0 spiro atoms. The summed E-state index contributed by atoms with van der Waals surface area (Å²) >= 11 is 6.24. The number of carbonyl (C=O) groups is 1. The topological polar surface area (TPSA) is 66.5 Å². The van der Waals surface area contributed by atoms with Gasteiger partial charge in [0.15, 0.2) is 9.84 Å². The summed E-state index contributed by atoms with van der Waals surface area (Å²) in [5, 5.41) is 3.51. The van der Waals surface area contributed by atoms with E-state index >= 15 is 0 Å². The number of halogens is 1. The van der Waals surface area contributed by atoms with Crippen molar-refractivity contribution in [3.05, 3.63) is 83.4 Å². The first kappa shape index (κ1) is 21.9. The third kappa shape index (κ3) is 5.01. The summed E-state index contributed by atoms with van der Waals surface area (Å²) in [6.07, 6.45) is 1.10. The van der Waals surface area contributed by atoms with E-state index in [2.05, 4.69) is 5.32 Å². The Morgan fingerprint density at radius 2 is 1.53 bits per heavy atom. The SMILES string of the molecule is CC(C)N(C(=O)c1cc(S(C)(=O)=O)ccc1Cl)c1ccc(Nc2ccccc2)cc1. The lowest BCUT2D eigenvalue weighted by molar-refractivity contribution is 0.0980. The first-order chi connectivity index (χ1) is 14.2. The number of carbonyl (C=O) groups excluding carboxylic acids is 1. The van der Waals surface area contributed by atoms with Gasteiger partial charge in [0, 0.05) is 29.4 Å². The highest BCUT2D eigenvalue weighted by atomic mass is 35.5. The highest BCUT2D eigenvalue weighted by molar-refractivity contribution is 7.90. The summed E-state index contributed by atoms with van der Waals surface area (Å²) in [6, 6.07) is 21.3. The van der Waals surface area contributed by atoms with E-state index in [0.717, 1.165) is 17.6 Å². The van der Waals surface area contributed by atoms with Crippen LogP contribution in [0.5, 0.6) is 0 Å². The standard InChI is InChI=1S/C23H23ClN2O3S/c1-16(2)26(23(27)21-15-20(30(3,28)29)13-14-22(21)24)19-11-9-18(10-12-19)25-17-7-5-4-6-8-17/h4-16,25H,1-3H3. The predicted octanol–water partition coefficient (Wildman–Crippen LogP) is 5.54. The van der Waals surface area contributed by atoms with Crippen molar-refractivity contribution in [3.63, 3.8) is 0 Å². The summed E-state index contributed by atoms with van der Waals surface area (Å²) in [5.74, 6) is -0.357. The van der Waals surface area contributed by atoms with E-state index < -0.39 is 9.84 Å². The smallest absolute Gasteiger partial charge is 0.260 e. The molecule has 0 bridgehead atoms. The van der Waals surface area contributed by atoms with Crippen molar-refractivity contribution >= 4 is 44.4 Å². The third-order valence-electron chi connectivity index (χ3n) is 4.54. The van der Waals surface area contributed by atoms with Gasteiger partial charge in [0.1, 0.15) is 0 Å². The Balaban J connectivity index is 1.92. The van der Waals surface area contributed by atoms with Crippen LogP contribution in [0.25, 0.3) is 0 Å². The lowest BCUT2D eigenvalue weighted by Crippen LogP contribution is -2.37. The third-order valence-corrected chi connectivity index (χ3v) is 5.98. The minimum Gasteiger partial charge on any atom is -0.356 e. The molecule has 0 unspecified atom stereocenters. The van der Waals surface area contributed by atoms with Crippen LogP contribution in [0.1, 0.15) is 24.2 Å². The van der Waals surface area contributed by atoms with Crippen molar-refractivity contribution in [1.82, 2.24) is 0 Å². The van der Waals surface area contributed by atoms with Crippen molar-refractivity contribution in [2.24, 2.45) is 0 Å². The lowest BCUT2D eigenvalue weighted by Gasteiger charge is -2.27. The van der Waals surface area contributed by atoms with E-state index in [0.29, 0.717) is 5.69 Å². The fraction of sp³-hybridized carbons (Fsp3) is 0.174. The van der Waals surface area contributed by atoms with Crippen LogP contribution in [0.2, 0.25) is 5.02 Å². The molecule has 0 heterocycles. The molecule has 0 aliphatic rings. The van der Waals surface area contributed by atoms with Crippen molar-refractivity contribution in [2.75, 3.05) is 16.5 Å². The van der Waals surface area contributed by atoms with Crippen LogP contribution < -0.4 is 10.2 Å². The number of nitrogens with zero attached hydrogens (tertiary/aromatic N) is 1. The minimum atomic E-state index is -3.46. The molecule has 0 aliphatic carbocycles. The molecule has 0 fully saturated rings. The van der Waals surface area contributed by atoms with Gasteiger partial charge in [-0.15, -0.1) is 0 Å². The Bertz CT molecular complexity index is 1140. The maximum atomic E-state index is 13.3. The van der Waals surface area contributed by atoms with Gasteiger partial charge in [-0.3, -0.25) is 4.79 Å². The van der Waals surface area contributed by atoms with Gasteiger partial charge in [-0.05, 0) is 68.4 Å². The summed E-state index contributed by atoms with van der Waals surface area (Å²) in [5.41, 5.74) is 2.69. The highest BCUT2D eigenvalue weighted by Crippen LogP contribution is 2.28. The molecule has 0 radical (unpaired) electrons. The largest absolute Gasteiger partial charge is 0.356 e. The first-order valence-electron chi connectivity index (χ1n) is 9.42. The Morgan fingerprint density at radius 3 is 2.10 bits per heavy atom. The number of sulfone groups is 1. The van der Waals surface area contributed by atoms with Crippen LogP contribution in [-0.2, 0) is 9.84 Å². The molecule has 0 saturated carbocycles. The normalized spacial score (nSPS) is 11.4. The van der Waals surface area contributed by atoms with Gasteiger partial charge in [0.2, 0.25) is 0 Å². The number of rotatable bonds is 6. The van der Waals surface area contributed by atoms with Crippen LogP contribution in [-0.4, -0.2) is 26.6 Å². The summed E-state index contributed by atoms with van der Waals surface area (Å²) in [7, 11) is -3.46. The van der Waals surface area contributed by atoms with Gasteiger partial charge >= 0.3 is 0 Å². The number of hydrogen-bond acceptors (Lipinski definition) is 4. The molecule has 3 rings (SSSR count). The molecule has 1 amide bonds. The van der Waals surface area contributed by atoms with E-state index in [4.69, 9.17) is 11.6 Å². The molecule has 0 atom stereocenters. The molecule has 3 aromatic rings. The molecule has 1 N–H and O–H groups in total. The van der Waals surface area contributed by atoms with E-state index in [-0.39, 0.29) is 27.4 Å². The second-order valence-corrected chi connectivity index (χ2v) is 9.64. The van der Waals surface area contributed by atoms with Gasteiger partial charge < -0.3 is 10.2 Å². The van der Waals surface area contributed by atoms with Crippen molar-refractivity contribution in [1.29, 1.82) is 0 Å². The second kappa shape index (κ2) is 8.90. The lowest BCUT2D eigenvalue weighted by atomic mass is 10.1. The Labute approximate surface area is 182 Å². The van der Waals surface area contributed by atoms with Gasteiger partial charge in [-0.2, -0.15) is 0 Å². The number of hydrogen-bond donors (Lipinski definition) is 1. The van der Waals surface area contributed by atoms with E-state index in [1.54, 1.807) is 4.90 Å². The summed E-state index contributed by atoms with van der Waals surface area (Å²) in [6.45, 7) is 3.78. The summed E-state index contributed by atoms with van der Waals surface area (Å²) < 4.78 is 23.8. The Morgan fingerprint density at radius 1 is 0.933 bits per heavy atom. The molecular weight excluding hydrogens is 420 g/mol. The zero-order valence-electron chi connectivity index (χ0n) is 17.0. The number of para-hydroxylation sites is 1. The minimum absolute atomic E-state index is 0.0568. The second-order valence-electron chi connectivity index (χ2n) is 7.22. The van der Waals surface area contributed by atoms with Crippen LogP contribution in [0.3, 0.4) is 0 Å². The van der Waals surface area contributed by atoms with E-state index in [1.807, 2.05) is 68.4 Å². The molecule has 30 heavy (non-hydrogen) atoms. The molecule has 7 heteroatoms. The molecule has 3 aromatic carbocycles. The fourth-order valence-electron chi connectivity index (χ4n) is 3.07. The quantitative estimate of drug-likeness (QED) is 0.544. The van der Waals surface area contributed by atoms with Crippen molar-refractivity contribution in [3.8, 4) is 0 Å². The van der Waals surface area contributed by atoms with Crippen LogP contribution in [0.15, 0.2) is 77.7 Å². The molecular formula is C23H23ClN2O3S. The first-order valence-corrected chi connectivity index (χ1v) is 11.7. The molecule has 5 nitrogen and oxygen atoms in total. The zero-order valence-corrected chi connectivity index (χ0v) is 18.5. The van der Waals surface area contributed by atoms with Gasteiger partial charge in [0.25, 0.3) is 5.91 Å². The molecule has 0 aromatic heterocycles. The number of anilines is 3. The number of benzene rings is 3. The highest BCUT2D eigenvalue weighted by Gasteiger charge is 2.24. The summed E-state index contributed by atoms with van der Waals surface area (Å²) in [4.78, 5) is 14.9. The van der Waals surface area contributed by atoms with Crippen molar-refractivity contribution < 1.29 is 13.2 Å². The number of amides is 1. The van der Waals surface area contributed by atoms with Crippen LogP contribution >= 0.6 is 11.6 Å². The Kier molecular flexibility index (Phi) is 6.48. The van der Waals surface area contributed by atoms with Crippen molar-refractivity contribution in [2.45, 2.75) is 24.8 Å². The van der Waals surface area contributed by atoms with Gasteiger partial charge in [0.05, 0.1) is 15.5 Å². The van der Waals surface area contributed by atoms with Gasteiger partial charge in [-0.1, -0.05) is 29.8 Å². The van der Waals surface area contributed by atoms with Gasteiger partial charge in [-0.25, -0.2) is 8.42 Å². The molecule has 0 aliphatic heterocycles. The average Bonchev–Trinajstić information content (AvgIpc) is 2.69. The van der Waals surface area contributed by atoms with E-state index in [1.165, 1.54) is 18.2 Å². The van der Waals surface area contributed by atoms with Crippen LogP contribution in [0, 0.1) is 0 Å². The zero-order chi connectivity index (χ0) is 21.9. The Hall–Kier alpha value is -2.83.